The minimum Gasteiger partial charge on any atom is -0.493 e. The zero-order chi connectivity index (χ0) is 22.2. The van der Waals surface area contributed by atoms with E-state index >= 15 is 0 Å². The molecule has 0 fully saturated rings. The van der Waals surface area contributed by atoms with Gasteiger partial charge in [0, 0.05) is 37.0 Å². The lowest BCUT2D eigenvalue weighted by molar-refractivity contribution is -0.209. The van der Waals surface area contributed by atoms with Crippen LogP contribution in [0.5, 0.6) is 34.5 Å². The summed E-state index contributed by atoms with van der Waals surface area (Å²) in [4.78, 5) is 0. The zero-order valence-corrected chi connectivity index (χ0v) is 18.9. The lowest BCUT2D eigenvalue weighted by Gasteiger charge is -2.45. The van der Waals surface area contributed by atoms with Crippen LogP contribution in [0.15, 0.2) is 24.3 Å². The van der Waals surface area contributed by atoms with E-state index in [1.165, 1.54) is 0 Å². The largest absolute Gasteiger partial charge is 0.493 e. The highest BCUT2D eigenvalue weighted by molar-refractivity contribution is 5.60. The molecule has 0 saturated carbocycles. The molecule has 7 nitrogen and oxygen atoms in total. The Hall–Kier alpha value is -2.80. The van der Waals surface area contributed by atoms with Gasteiger partial charge in [-0.1, -0.05) is 6.92 Å². The zero-order valence-electron chi connectivity index (χ0n) is 18.9. The van der Waals surface area contributed by atoms with Gasteiger partial charge in [0.2, 0.25) is 18.3 Å². The molecular weight excluding hydrogens is 400 g/mol. The van der Waals surface area contributed by atoms with E-state index in [0.717, 1.165) is 16.9 Å². The Morgan fingerprint density at radius 3 is 2.29 bits per heavy atom. The van der Waals surface area contributed by atoms with Gasteiger partial charge in [-0.3, -0.25) is 0 Å². The molecule has 4 rings (SSSR count). The van der Waals surface area contributed by atoms with E-state index in [2.05, 4.69) is 6.92 Å². The fourth-order valence-corrected chi connectivity index (χ4v) is 4.46. The second-order valence-electron chi connectivity index (χ2n) is 7.75. The predicted octanol–water partition coefficient (Wildman–Crippen LogP) is 4.74. The average molecular weight is 430 g/mol. The van der Waals surface area contributed by atoms with Crippen LogP contribution in [0.2, 0.25) is 0 Å². The second kappa shape index (κ2) is 8.38. The molecular formula is C24H30O7. The number of fused-ring (bicyclic) bond motifs is 2. The van der Waals surface area contributed by atoms with Crippen LogP contribution in [0, 0.1) is 5.92 Å². The Morgan fingerprint density at radius 2 is 1.65 bits per heavy atom. The SMILES string of the molecule is CCOc1cc(C2c3cc4c(cc3OC(C)(OCC)C2C)OCO4)cc(OC)c1OC. The predicted molar refractivity (Wildman–Crippen MR) is 115 cm³/mol. The summed E-state index contributed by atoms with van der Waals surface area (Å²) < 4.78 is 40.8. The summed E-state index contributed by atoms with van der Waals surface area (Å²) >= 11 is 0. The maximum atomic E-state index is 6.38. The summed E-state index contributed by atoms with van der Waals surface area (Å²) in [6, 6.07) is 7.89. The van der Waals surface area contributed by atoms with Crippen LogP contribution >= 0.6 is 0 Å². The normalized spacial score (nSPS) is 23.7. The maximum absolute atomic E-state index is 6.38. The van der Waals surface area contributed by atoms with E-state index in [0.29, 0.717) is 42.0 Å². The van der Waals surface area contributed by atoms with E-state index in [1.807, 2.05) is 45.0 Å². The van der Waals surface area contributed by atoms with E-state index in [1.54, 1.807) is 14.2 Å². The number of methoxy groups -OCH3 is 2. The van der Waals surface area contributed by atoms with Crippen LogP contribution < -0.4 is 28.4 Å². The van der Waals surface area contributed by atoms with E-state index < -0.39 is 5.79 Å². The fourth-order valence-electron chi connectivity index (χ4n) is 4.46. The highest BCUT2D eigenvalue weighted by Gasteiger charge is 2.47. The average Bonchev–Trinajstić information content (AvgIpc) is 3.20. The van der Waals surface area contributed by atoms with E-state index in [9.17, 15) is 0 Å². The number of rotatable bonds is 7. The number of benzene rings is 2. The Balaban J connectivity index is 1.91. The van der Waals surface area contributed by atoms with E-state index in [-0.39, 0.29) is 18.6 Å². The molecule has 2 aromatic rings. The van der Waals surface area contributed by atoms with Crippen molar-refractivity contribution in [3.63, 3.8) is 0 Å². The van der Waals surface area contributed by atoms with Crippen molar-refractivity contribution < 1.29 is 33.2 Å². The summed E-state index contributed by atoms with van der Waals surface area (Å²) in [6.07, 6.45) is 0. The Morgan fingerprint density at radius 1 is 0.935 bits per heavy atom. The van der Waals surface area contributed by atoms with Gasteiger partial charge in [-0.05, 0) is 37.6 Å². The monoisotopic (exact) mass is 430 g/mol. The van der Waals surface area contributed by atoms with Gasteiger partial charge in [0.05, 0.1) is 20.8 Å². The molecule has 0 aliphatic carbocycles. The highest BCUT2D eigenvalue weighted by Crippen LogP contribution is 2.54. The standard InChI is InChI=1S/C24H30O7/c1-7-27-21-10-15(9-20(25-5)23(21)26-6)22-14(3)24(4,30-8-2)31-17-12-19-18(11-16(17)22)28-13-29-19/h9-12,14,22H,7-8,13H2,1-6H3. The minimum atomic E-state index is -0.820. The third-order valence-electron chi connectivity index (χ3n) is 6.04. The van der Waals surface area contributed by atoms with Crippen LogP contribution in [-0.2, 0) is 4.74 Å². The van der Waals surface area contributed by atoms with Crippen molar-refractivity contribution in [1.29, 1.82) is 0 Å². The van der Waals surface area contributed by atoms with Gasteiger partial charge < -0.3 is 33.2 Å². The molecule has 2 aliphatic heterocycles. The van der Waals surface area contributed by atoms with Gasteiger partial charge in [-0.25, -0.2) is 0 Å². The molecule has 0 amide bonds. The van der Waals surface area contributed by atoms with Crippen molar-refractivity contribution in [2.75, 3.05) is 34.2 Å². The molecule has 2 aliphatic rings. The summed E-state index contributed by atoms with van der Waals surface area (Å²) in [5, 5.41) is 0. The fraction of sp³-hybridized carbons (Fsp3) is 0.500. The summed E-state index contributed by atoms with van der Waals surface area (Å²) in [5.74, 6) is 3.03. The molecule has 3 unspecified atom stereocenters. The van der Waals surface area contributed by atoms with Crippen molar-refractivity contribution in [2.45, 2.75) is 39.4 Å². The molecule has 31 heavy (non-hydrogen) atoms. The molecule has 0 aromatic heterocycles. The molecule has 0 bridgehead atoms. The quantitative estimate of drug-likeness (QED) is 0.628. The van der Waals surface area contributed by atoms with Crippen LogP contribution in [0.25, 0.3) is 0 Å². The Labute approximate surface area is 183 Å². The topological polar surface area (TPSA) is 64.6 Å². The van der Waals surface area contributed by atoms with Gasteiger partial charge in [-0.2, -0.15) is 0 Å². The molecule has 0 spiro atoms. The van der Waals surface area contributed by atoms with Crippen LogP contribution in [0.1, 0.15) is 44.7 Å². The maximum Gasteiger partial charge on any atom is 0.231 e. The van der Waals surface area contributed by atoms with Gasteiger partial charge in [-0.15, -0.1) is 0 Å². The Kier molecular flexibility index (Phi) is 5.79. The van der Waals surface area contributed by atoms with Crippen molar-refractivity contribution in [1.82, 2.24) is 0 Å². The highest BCUT2D eigenvalue weighted by atomic mass is 16.7. The number of ether oxygens (including phenoxy) is 7. The van der Waals surface area contributed by atoms with E-state index in [4.69, 9.17) is 33.2 Å². The van der Waals surface area contributed by atoms with Crippen molar-refractivity contribution in [2.24, 2.45) is 5.92 Å². The molecule has 3 atom stereocenters. The third-order valence-corrected chi connectivity index (χ3v) is 6.04. The van der Waals surface area contributed by atoms with Crippen molar-refractivity contribution in [3.8, 4) is 34.5 Å². The molecule has 0 radical (unpaired) electrons. The molecule has 0 N–H and O–H groups in total. The van der Waals surface area contributed by atoms with Gasteiger partial charge in [0.15, 0.2) is 23.0 Å². The molecule has 7 heteroatoms. The first-order valence-corrected chi connectivity index (χ1v) is 10.6. The second-order valence-corrected chi connectivity index (χ2v) is 7.75. The summed E-state index contributed by atoms with van der Waals surface area (Å²) in [5.41, 5.74) is 2.02. The molecule has 2 heterocycles. The molecule has 168 valence electrons. The number of hydrogen-bond donors (Lipinski definition) is 0. The van der Waals surface area contributed by atoms with Crippen LogP contribution in [-0.4, -0.2) is 40.0 Å². The minimum absolute atomic E-state index is 0.0205. The van der Waals surface area contributed by atoms with Crippen molar-refractivity contribution >= 4 is 0 Å². The first kappa shape index (κ1) is 21.4. The van der Waals surface area contributed by atoms with Crippen molar-refractivity contribution in [3.05, 3.63) is 35.4 Å². The first-order valence-electron chi connectivity index (χ1n) is 10.6. The first-order chi connectivity index (χ1) is 15.0. The summed E-state index contributed by atoms with van der Waals surface area (Å²) in [6.45, 7) is 9.26. The Bertz CT molecular complexity index is 957. The molecule has 0 saturated heterocycles. The smallest absolute Gasteiger partial charge is 0.231 e. The van der Waals surface area contributed by atoms with Gasteiger partial charge in [0.1, 0.15) is 5.75 Å². The van der Waals surface area contributed by atoms with Gasteiger partial charge in [0.25, 0.3) is 0 Å². The van der Waals surface area contributed by atoms with Crippen LogP contribution in [0.4, 0.5) is 0 Å². The number of hydrogen-bond acceptors (Lipinski definition) is 7. The van der Waals surface area contributed by atoms with Gasteiger partial charge >= 0.3 is 0 Å². The van der Waals surface area contributed by atoms with Crippen LogP contribution in [0.3, 0.4) is 0 Å². The molecule has 2 aromatic carbocycles. The summed E-state index contributed by atoms with van der Waals surface area (Å²) in [7, 11) is 3.24. The lowest BCUT2D eigenvalue weighted by atomic mass is 9.75. The lowest BCUT2D eigenvalue weighted by Crippen LogP contribution is -2.48. The third kappa shape index (κ3) is 3.61.